The van der Waals surface area contributed by atoms with Gasteiger partial charge in [0.05, 0.1) is 46.6 Å². The van der Waals surface area contributed by atoms with Gasteiger partial charge in [-0.3, -0.25) is 9.05 Å². The summed E-state index contributed by atoms with van der Waals surface area (Å²) in [6.07, 6.45) is 23.5. The summed E-state index contributed by atoms with van der Waals surface area (Å²) < 4.78 is 34.8. The monoisotopic (exact) mass is 635 g/mol. The molecule has 10 nitrogen and oxygen atoms in total. The van der Waals surface area contributed by atoms with Crippen LogP contribution in [-0.2, 0) is 25.0 Å². The van der Waals surface area contributed by atoms with Crippen LogP contribution in [0.5, 0.6) is 5.75 Å². The quantitative estimate of drug-likeness (QED) is 0.0151. The topological polar surface area (TPSA) is 123 Å². The van der Waals surface area contributed by atoms with E-state index in [1.165, 1.54) is 57.8 Å². The van der Waals surface area contributed by atoms with Gasteiger partial charge < -0.3 is 18.9 Å². The maximum absolute atomic E-state index is 12.6. The summed E-state index contributed by atoms with van der Waals surface area (Å²) in [5.41, 5.74) is 10.2. The minimum Gasteiger partial charge on any atom is -0.497 e. The van der Waals surface area contributed by atoms with E-state index in [-0.39, 0.29) is 19.8 Å². The Morgan fingerprint density at radius 2 is 1.66 bits per heavy atom. The van der Waals surface area contributed by atoms with Crippen LogP contribution in [0, 0.1) is 12.3 Å². The molecule has 1 aromatic rings. The molecule has 1 rings (SSSR count). The molecular weight excluding hydrogens is 579 g/mol. The van der Waals surface area contributed by atoms with Crippen LogP contribution in [0.4, 0.5) is 0 Å². The second kappa shape index (κ2) is 24.0. The lowest BCUT2D eigenvalue weighted by Crippen LogP contribution is -2.42. The Balaban J connectivity index is 2.69. The molecule has 3 atom stereocenters. The Morgan fingerprint density at radius 1 is 1.05 bits per heavy atom. The van der Waals surface area contributed by atoms with E-state index >= 15 is 0 Å². The van der Waals surface area contributed by atoms with E-state index in [9.17, 15) is 15.0 Å². The third-order valence-corrected chi connectivity index (χ3v) is 8.34. The summed E-state index contributed by atoms with van der Waals surface area (Å²) in [4.78, 5) is 13.2. The van der Waals surface area contributed by atoms with Gasteiger partial charge in [-0.25, -0.2) is 4.57 Å². The van der Waals surface area contributed by atoms with E-state index in [4.69, 9.17) is 24.9 Å². The van der Waals surface area contributed by atoms with Gasteiger partial charge in [-0.15, -0.1) is 6.42 Å². The normalized spacial score (nSPS) is 14.5. The summed E-state index contributed by atoms with van der Waals surface area (Å²) in [5.74, 6) is 3.31. The van der Waals surface area contributed by atoms with Gasteiger partial charge in [0.2, 0.25) is 0 Å². The summed E-state index contributed by atoms with van der Waals surface area (Å²) >= 11 is 0. The van der Waals surface area contributed by atoms with E-state index in [1.807, 2.05) is 50.5 Å². The van der Waals surface area contributed by atoms with Crippen molar-refractivity contribution < 1.29 is 32.5 Å². The van der Waals surface area contributed by atoms with Gasteiger partial charge in [0.1, 0.15) is 25.4 Å². The summed E-state index contributed by atoms with van der Waals surface area (Å²) in [7, 11) is 1.01. The molecule has 11 heteroatoms. The Hall–Kier alpha value is -2.34. The lowest BCUT2D eigenvalue weighted by Gasteiger charge is -2.27. The molecule has 1 N–H and O–H groups in total. The zero-order valence-corrected chi connectivity index (χ0v) is 28.3. The molecule has 248 valence electrons. The number of azide groups is 1. The Kier molecular flexibility index (Phi) is 21.6. The molecule has 0 saturated heterocycles. The molecule has 44 heavy (non-hydrogen) atoms. The van der Waals surface area contributed by atoms with Crippen LogP contribution < -0.4 is 4.74 Å². The minimum atomic E-state index is -4.40. The van der Waals surface area contributed by atoms with E-state index in [0.717, 1.165) is 30.6 Å². The maximum atomic E-state index is 12.6. The van der Waals surface area contributed by atoms with Gasteiger partial charge >= 0.3 is 7.82 Å². The van der Waals surface area contributed by atoms with Crippen molar-refractivity contribution in [3.05, 3.63) is 52.4 Å². The molecule has 0 radical (unpaired) electrons. The molecule has 0 bridgehead atoms. The summed E-state index contributed by atoms with van der Waals surface area (Å²) in [6.45, 7) is 2.99. The molecule has 0 aromatic heterocycles. The van der Waals surface area contributed by atoms with Crippen molar-refractivity contribution in [3.63, 3.8) is 0 Å². The highest BCUT2D eigenvalue weighted by Gasteiger charge is 2.28. The second-order valence-electron chi connectivity index (χ2n) is 11.8. The molecule has 0 aliphatic heterocycles. The zero-order valence-electron chi connectivity index (χ0n) is 27.4. The number of hydrogen-bond acceptors (Lipinski definition) is 6. The number of hydrogen-bond donors (Lipinski definition) is 1. The van der Waals surface area contributed by atoms with Crippen LogP contribution >= 0.6 is 7.82 Å². The predicted molar refractivity (Wildman–Crippen MR) is 177 cm³/mol. The van der Waals surface area contributed by atoms with Gasteiger partial charge in [0.15, 0.2) is 0 Å². The molecule has 0 saturated carbocycles. The van der Waals surface area contributed by atoms with Crippen molar-refractivity contribution in [1.82, 2.24) is 0 Å². The number of quaternary nitrogens is 1. The van der Waals surface area contributed by atoms with Gasteiger partial charge in [0.25, 0.3) is 0 Å². The fourth-order valence-electron chi connectivity index (χ4n) is 4.56. The number of phosphoric ester groups is 1. The fraction of sp³-hybridized carbons (Fsp3) is 0.697. The second-order valence-corrected chi connectivity index (χ2v) is 13.2. The van der Waals surface area contributed by atoms with Crippen molar-refractivity contribution in [3.8, 4) is 18.1 Å². The number of ether oxygens (including phenoxy) is 2. The van der Waals surface area contributed by atoms with Crippen LogP contribution in [-0.4, -0.2) is 69.0 Å². The number of terminal acetylenes is 1. The van der Waals surface area contributed by atoms with Gasteiger partial charge in [-0.2, -0.15) is 0 Å². The molecule has 1 unspecified atom stereocenters. The average molecular weight is 636 g/mol. The number of rotatable bonds is 27. The van der Waals surface area contributed by atoms with Gasteiger partial charge in [0, 0.05) is 4.91 Å². The molecule has 1 aromatic carbocycles. The SMILES string of the molecule is C#CC[N+](C)(C)CCOP(=O)(O)OC[C@H](N=[N+]=[N-])[C@@H](/C=C/CCCCCCCCCCCCC)OCc1ccc(OC)cc1. The van der Waals surface area contributed by atoms with Crippen molar-refractivity contribution in [2.24, 2.45) is 5.11 Å². The molecule has 0 heterocycles. The maximum Gasteiger partial charge on any atom is 0.472 e. The molecule has 0 aliphatic rings. The van der Waals surface area contributed by atoms with Crippen molar-refractivity contribution in [2.45, 2.75) is 103 Å². The average Bonchev–Trinajstić information content (AvgIpc) is 2.99. The van der Waals surface area contributed by atoms with Gasteiger partial charge in [-0.05, 0) is 42.0 Å². The highest BCUT2D eigenvalue weighted by molar-refractivity contribution is 7.47. The number of unbranched alkanes of at least 4 members (excludes halogenated alkanes) is 11. The van der Waals surface area contributed by atoms with Crippen molar-refractivity contribution in [1.29, 1.82) is 0 Å². The summed E-state index contributed by atoms with van der Waals surface area (Å²) in [6, 6.07) is 6.57. The Bertz CT molecular complexity index is 1050. The van der Waals surface area contributed by atoms with Crippen LogP contribution in [0.1, 0.15) is 89.5 Å². The van der Waals surface area contributed by atoms with Crippen molar-refractivity contribution in [2.75, 3.05) is 47.5 Å². The van der Waals surface area contributed by atoms with Crippen LogP contribution in [0.3, 0.4) is 0 Å². The van der Waals surface area contributed by atoms with Crippen LogP contribution in [0.2, 0.25) is 0 Å². The first-order chi connectivity index (χ1) is 21.2. The predicted octanol–water partition coefficient (Wildman–Crippen LogP) is 8.36. The van der Waals surface area contributed by atoms with E-state index in [1.54, 1.807) is 7.11 Å². The number of phosphoric acid groups is 1. The number of likely N-dealkylation sites (N-methyl/N-ethyl adjacent to an activating group) is 1. The lowest BCUT2D eigenvalue weighted by atomic mass is 10.0. The molecule has 0 amide bonds. The fourth-order valence-corrected chi connectivity index (χ4v) is 5.29. The Morgan fingerprint density at radius 3 is 2.23 bits per heavy atom. The number of methoxy groups -OCH3 is 1. The Labute approximate surface area is 265 Å². The number of benzene rings is 1. The first-order valence-corrected chi connectivity index (χ1v) is 17.5. The summed E-state index contributed by atoms with van der Waals surface area (Å²) in [5, 5.41) is 3.84. The largest absolute Gasteiger partial charge is 0.497 e. The molecular formula is C33H56N4O6P+. The highest BCUT2D eigenvalue weighted by atomic mass is 31.2. The van der Waals surface area contributed by atoms with Gasteiger partial charge in [-0.1, -0.05) is 101 Å². The lowest BCUT2D eigenvalue weighted by molar-refractivity contribution is -0.883. The first-order valence-electron chi connectivity index (χ1n) is 16.0. The van der Waals surface area contributed by atoms with Crippen molar-refractivity contribution >= 4 is 7.82 Å². The first kappa shape index (κ1) is 39.7. The zero-order chi connectivity index (χ0) is 32.5. The van der Waals surface area contributed by atoms with E-state index in [2.05, 4.69) is 22.9 Å². The molecule has 0 fully saturated rings. The molecule has 0 spiro atoms. The van der Waals surface area contributed by atoms with E-state index in [0.29, 0.717) is 17.6 Å². The third-order valence-electron chi connectivity index (χ3n) is 7.36. The van der Waals surface area contributed by atoms with E-state index < -0.39 is 20.0 Å². The van der Waals surface area contributed by atoms with Crippen LogP contribution in [0.15, 0.2) is 41.5 Å². The third kappa shape index (κ3) is 19.8. The number of allylic oxidation sites excluding steroid dienone is 1. The smallest absolute Gasteiger partial charge is 0.472 e. The minimum absolute atomic E-state index is 0.0229. The van der Waals surface area contributed by atoms with Crippen LogP contribution in [0.25, 0.3) is 10.4 Å². The molecule has 0 aliphatic carbocycles. The highest BCUT2D eigenvalue weighted by Crippen LogP contribution is 2.43. The number of nitrogens with zero attached hydrogens (tertiary/aromatic N) is 4. The standard InChI is InChI=1S/C33H55N4O6P/c1-6-8-9-10-11-12-13-14-15-16-17-18-19-20-33(41-28-30-21-23-31(40-5)24-22-30)32(35-36-34)29-43-44(38,39)42-27-26-37(3,4)25-7-2/h2,19-24,32-33H,6,8-18,25-29H2,1,3-5H3/p+1/b20-19+/t32-,33+/m0/s1.